The Kier molecular flexibility index (Phi) is 11.1. The molecule has 0 bridgehead atoms. The largest absolute Gasteiger partial charge is 0.493 e. The van der Waals surface area contributed by atoms with Crippen molar-refractivity contribution >= 4 is 35.8 Å². The molecule has 0 spiro atoms. The summed E-state index contributed by atoms with van der Waals surface area (Å²) in [6.07, 6.45) is 8.50. The summed E-state index contributed by atoms with van der Waals surface area (Å²) in [5.74, 6) is 2.57. The number of aliphatic imine (C=N–C) groups is 1. The molecule has 2 fully saturated rings. The molecule has 7 nitrogen and oxygen atoms in total. The van der Waals surface area contributed by atoms with Crippen LogP contribution < -0.4 is 20.5 Å². The van der Waals surface area contributed by atoms with Crippen molar-refractivity contribution in [1.29, 1.82) is 0 Å². The number of nitrogens with zero attached hydrogens (tertiary/aromatic N) is 2. The second kappa shape index (κ2) is 13.2. The van der Waals surface area contributed by atoms with Crippen molar-refractivity contribution in [3.63, 3.8) is 0 Å². The summed E-state index contributed by atoms with van der Waals surface area (Å²) in [5.41, 5.74) is 6.74. The van der Waals surface area contributed by atoms with Crippen molar-refractivity contribution in [1.82, 2.24) is 10.2 Å². The Morgan fingerprint density at radius 3 is 2.55 bits per heavy atom. The molecule has 1 aliphatic carbocycles. The van der Waals surface area contributed by atoms with E-state index in [1.165, 1.54) is 24.8 Å². The molecule has 0 aromatic heterocycles. The number of hydrogen-bond acceptors (Lipinski definition) is 4. The number of benzene rings is 1. The molecule has 3 rings (SSSR count). The van der Waals surface area contributed by atoms with E-state index in [9.17, 15) is 4.79 Å². The lowest BCUT2D eigenvalue weighted by Gasteiger charge is -2.38. The maximum Gasteiger partial charge on any atom is 0.217 e. The zero-order valence-electron chi connectivity index (χ0n) is 20.4. The predicted octanol–water partition coefficient (Wildman–Crippen LogP) is 4.08. The first-order valence-electron chi connectivity index (χ1n) is 12.1. The van der Waals surface area contributed by atoms with Crippen LogP contribution in [0, 0.1) is 5.92 Å². The highest BCUT2D eigenvalue weighted by Gasteiger charge is 2.35. The van der Waals surface area contributed by atoms with Gasteiger partial charge in [0, 0.05) is 31.5 Å². The highest BCUT2D eigenvalue weighted by Crippen LogP contribution is 2.42. The number of methoxy groups -OCH3 is 2. The topological polar surface area (TPSA) is 89.2 Å². The van der Waals surface area contributed by atoms with Crippen LogP contribution in [0.25, 0.3) is 0 Å². The van der Waals surface area contributed by atoms with Crippen LogP contribution >= 0.6 is 24.0 Å². The average Bonchev–Trinajstić information content (AvgIpc) is 2.81. The Hall–Kier alpha value is -1.71. The van der Waals surface area contributed by atoms with Crippen LogP contribution in [0.1, 0.15) is 63.9 Å². The number of amides is 1. The fourth-order valence-corrected chi connectivity index (χ4v) is 5.29. The number of carbonyl (C=O) groups excluding carboxylic acids is 1. The minimum absolute atomic E-state index is 0. The number of primary amides is 1. The van der Waals surface area contributed by atoms with Gasteiger partial charge < -0.3 is 25.4 Å². The van der Waals surface area contributed by atoms with E-state index >= 15 is 0 Å². The molecule has 1 aromatic carbocycles. The zero-order valence-corrected chi connectivity index (χ0v) is 22.7. The summed E-state index contributed by atoms with van der Waals surface area (Å²) in [7, 11) is 3.36. The van der Waals surface area contributed by atoms with E-state index in [2.05, 4.69) is 29.3 Å². The van der Waals surface area contributed by atoms with Crippen LogP contribution in [0.3, 0.4) is 0 Å². The molecule has 1 saturated heterocycles. The molecule has 33 heavy (non-hydrogen) atoms. The fraction of sp³-hybridized carbons (Fsp3) is 0.680. The Morgan fingerprint density at radius 1 is 1.18 bits per heavy atom. The van der Waals surface area contributed by atoms with Crippen molar-refractivity contribution in [3.05, 3.63) is 23.8 Å². The van der Waals surface area contributed by atoms with Crippen LogP contribution in [0.4, 0.5) is 0 Å². The van der Waals surface area contributed by atoms with Gasteiger partial charge in [-0.2, -0.15) is 0 Å². The molecule has 1 aliphatic heterocycles. The minimum Gasteiger partial charge on any atom is -0.493 e. The number of halogens is 1. The summed E-state index contributed by atoms with van der Waals surface area (Å²) in [4.78, 5) is 18.9. The first kappa shape index (κ1) is 27.5. The second-order valence-corrected chi connectivity index (χ2v) is 9.21. The highest BCUT2D eigenvalue weighted by atomic mass is 127. The number of nitrogens with one attached hydrogen (secondary N) is 1. The van der Waals surface area contributed by atoms with E-state index in [4.69, 9.17) is 20.2 Å². The molecule has 1 saturated carbocycles. The molecule has 1 aromatic rings. The van der Waals surface area contributed by atoms with Crippen molar-refractivity contribution in [3.8, 4) is 11.5 Å². The molecule has 186 valence electrons. The summed E-state index contributed by atoms with van der Waals surface area (Å²) in [6, 6.07) is 6.33. The van der Waals surface area contributed by atoms with Crippen molar-refractivity contribution in [2.24, 2.45) is 16.6 Å². The second-order valence-electron chi connectivity index (χ2n) is 9.21. The van der Waals surface area contributed by atoms with Gasteiger partial charge in [0.25, 0.3) is 0 Å². The van der Waals surface area contributed by atoms with E-state index in [1.807, 2.05) is 6.07 Å². The normalized spacial score (nSPS) is 20.5. The summed E-state index contributed by atoms with van der Waals surface area (Å²) >= 11 is 0. The van der Waals surface area contributed by atoms with Gasteiger partial charge in [-0.05, 0) is 56.2 Å². The van der Waals surface area contributed by atoms with Crippen molar-refractivity contribution in [2.75, 3.05) is 40.4 Å². The van der Waals surface area contributed by atoms with Crippen molar-refractivity contribution in [2.45, 2.75) is 63.7 Å². The first-order chi connectivity index (χ1) is 15.5. The lowest BCUT2D eigenvalue weighted by molar-refractivity contribution is -0.119. The van der Waals surface area contributed by atoms with Crippen LogP contribution in [0.5, 0.6) is 11.5 Å². The molecule has 1 atom stereocenters. The molecule has 2 aliphatic rings. The molecule has 3 N–H and O–H groups in total. The molecular weight excluding hydrogens is 531 g/mol. The van der Waals surface area contributed by atoms with E-state index in [-0.39, 0.29) is 35.3 Å². The Labute approximate surface area is 215 Å². The van der Waals surface area contributed by atoms with E-state index in [1.54, 1.807) is 14.2 Å². The molecular formula is C25H41IN4O3. The SMILES string of the molecule is CCNC(=NCC1(c2ccc(OC)c(OC)c2)CCCCC1)N1CCCC(CC(N)=O)C1.I. The van der Waals surface area contributed by atoms with Crippen LogP contribution in [-0.2, 0) is 10.2 Å². The van der Waals surface area contributed by atoms with Gasteiger partial charge in [0.15, 0.2) is 17.5 Å². The molecule has 1 amide bonds. The van der Waals surface area contributed by atoms with Crippen LogP contribution in [0.15, 0.2) is 23.2 Å². The van der Waals surface area contributed by atoms with Crippen LogP contribution in [-0.4, -0.2) is 57.2 Å². The summed E-state index contributed by atoms with van der Waals surface area (Å²) in [5, 5.41) is 3.49. The number of carbonyl (C=O) groups is 1. The van der Waals surface area contributed by atoms with Gasteiger partial charge in [-0.1, -0.05) is 25.3 Å². The van der Waals surface area contributed by atoms with E-state index < -0.39 is 0 Å². The van der Waals surface area contributed by atoms with Crippen molar-refractivity contribution < 1.29 is 14.3 Å². The third-order valence-electron chi connectivity index (χ3n) is 6.98. The Bertz CT molecular complexity index is 796. The molecule has 8 heteroatoms. The predicted molar refractivity (Wildman–Crippen MR) is 144 cm³/mol. The number of nitrogens with two attached hydrogens (primary N) is 1. The number of piperidine rings is 1. The summed E-state index contributed by atoms with van der Waals surface area (Å²) in [6.45, 7) is 5.45. The third-order valence-corrected chi connectivity index (χ3v) is 6.98. The monoisotopic (exact) mass is 572 g/mol. The number of guanidine groups is 1. The maximum atomic E-state index is 11.4. The first-order valence-corrected chi connectivity index (χ1v) is 12.1. The van der Waals surface area contributed by atoms with Gasteiger partial charge in [-0.3, -0.25) is 9.79 Å². The van der Waals surface area contributed by atoms with Gasteiger partial charge in [0.1, 0.15) is 0 Å². The van der Waals surface area contributed by atoms with Gasteiger partial charge in [-0.25, -0.2) is 0 Å². The molecule has 0 radical (unpaired) electrons. The Morgan fingerprint density at radius 2 is 1.91 bits per heavy atom. The van der Waals surface area contributed by atoms with Gasteiger partial charge in [0.05, 0.1) is 20.8 Å². The highest BCUT2D eigenvalue weighted by molar-refractivity contribution is 14.0. The van der Waals surface area contributed by atoms with Gasteiger partial charge in [-0.15, -0.1) is 24.0 Å². The van der Waals surface area contributed by atoms with Crippen LogP contribution in [0.2, 0.25) is 0 Å². The Balaban J connectivity index is 0.00000385. The number of likely N-dealkylation sites (tertiary alicyclic amines) is 1. The van der Waals surface area contributed by atoms with E-state index in [0.29, 0.717) is 12.3 Å². The molecule has 1 heterocycles. The molecule has 1 unspecified atom stereocenters. The van der Waals surface area contributed by atoms with E-state index in [0.717, 1.165) is 69.3 Å². The number of hydrogen-bond donors (Lipinski definition) is 2. The van der Waals surface area contributed by atoms with Gasteiger partial charge in [0.2, 0.25) is 5.91 Å². The quantitative estimate of drug-likeness (QED) is 0.279. The zero-order chi connectivity index (χ0) is 23.0. The lowest BCUT2D eigenvalue weighted by atomic mass is 9.69. The van der Waals surface area contributed by atoms with Gasteiger partial charge >= 0.3 is 0 Å². The summed E-state index contributed by atoms with van der Waals surface area (Å²) < 4.78 is 11.1. The fourth-order valence-electron chi connectivity index (χ4n) is 5.29. The minimum atomic E-state index is -0.214. The lowest BCUT2D eigenvalue weighted by Crippen LogP contribution is -2.48. The standard InChI is InChI=1S/C25H40N4O3.HI/c1-4-27-24(29-14-8-9-19(17-29)15-23(26)30)28-18-25(12-6-5-7-13-25)20-10-11-21(31-2)22(16-20)32-3;/h10-11,16,19H,4-9,12-15,17-18H2,1-3H3,(H2,26,30)(H,27,28);1H. The third kappa shape index (κ3) is 7.13. The smallest absolute Gasteiger partial charge is 0.217 e. The number of ether oxygens (including phenoxy) is 2. The average molecular weight is 573 g/mol. The number of rotatable bonds is 8. The maximum absolute atomic E-state index is 11.4.